The average molecular weight is 419 g/mol. The van der Waals surface area contributed by atoms with Gasteiger partial charge in [0.1, 0.15) is 0 Å². The topological polar surface area (TPSA) is 147 Å². The van der Waals surface area contributed by atoms with Gasteiger partial charge >= 0.3 is 0 Å². The van der Waals surface area contributed by atoms with Crippen molar-refractivity contribution in [1.82, 2.24) is 5.32 Å². The molecular weight excluding hydrogens is 380 g/mol. The van der Waals surface area contributed by atoms with Gasteiger partial charge in [-0.05, 0) is 44.7 Å². The van der Waals surface area contributed by atoms with Crippen LogP contribution in [-0.2, 0) is 20.2 Å². The van der Waals surface area contributed by atoms with Gasteiger partial charge in [-0.3, -0.25) is 9.11 Å². The molecule has 1 aliphatic carbocycles. The Labute approximate surface area is 159 Å². The van der Waals surface area contributed by atoms with Crippen LogP contribution in [0.3, 0.4) is 0 Å². The molecule has 1 aliphatic rings. The number of nitrogens with two attached hydrogens (primary N) is 1. The summed E-state index contributed by atoms with van der Waals surface area (Å²) in [6.45, 7) is 7.37. The van der Waals surface area contributed by atoms with Crippen LogP contribution in [0.4, 0.5) is 0 Å². The molecule has 0 saturated heterocycles. The fourth-order valence-electron chi connectivity index (χ4n) is 2.13. The van der Waals surface area contributed by atoms with Crippen molar-refractivity contribution in [3.05, 3.63) is 0 Å². The van der Waals surface area contributed by atoms with Gasteiger partial charge in [0.2, 0.25) is 0 Å². The van der Waals surface area contributed by atoms with Crippen molar-refractivity contribution in [2.24, 2.45) is 11.7 Å². The molecule has 0 bridgehead atoms. The maximum atomic E-state index is 10.4. The molecule has 1 saturated carbocycles. The molecule has 0 radical (unpaired) electrons. The molecule has 0 spiro atoms. The summed E-state index contributed by atoms with van der Waals surface area (Å²) in [6.07, 6.45) is 7.24. The fraction of sp³-hybridized carbons (Fsp3) is 1.00. The van der Waals surface area contributed by atoms with Gasteiger partial charge in [0.15, 0.2) is 0 Å². The molecule has 8 nitrogen and oxygen atoms in total. The Balaban J connectivity index is 0. The smallest absolute Gasteiger partial charge is 0.264 e. The van der Waals surface area contributed by atoms with E-state index < -0.39 is 20.2 Å². The van der Waals surface area contributed by atoms with E-state index in [-0.39, 0.29) is 11.5 Å². The minimum absolute atomic E-state index is 0.132. The quantitative estimate of drug-likeness (QED) is 0.346. The molecule has 0 atom stereocenters. The Hall–Kier alpha value is -0.260. The first-order chi connectivity index (χ1) is 11.9. The highest BCUT2D eigenvalue weighted by Gasteiger charge is 2.12. The van der Waals surface area contributed by atoms with Gasteiger partial charge in [-0.1, -0.05) is 40.0 Å². The molecule has 10 heteroatoms. The van der Waals surface area contributed by atoms with Gasteiger partial charge in [-0.2, -0.15) is 16.8 Å². The summed E-state index contributed by atoms with van der Waals surface area (Å²) in [5, 5.41) is 3.32. The third-order valence-electron chi connectivity index (χ3n) is 3.55. The van der Waals surface area contributed by atoms with E-state index in [4.69, 9.17) is 14.8 Å². The van der Waals surface area contributed by atoms with E-state index in [9.17, 15) is 16.8 Å². The zero-order valence-corrected chi connectivity index (χ0v) is 18.0. The Morgan fingerprint density at radius 1 is 1.00 bits per heavy atom. The highest BCUT2D eigenvalue weighted by Crippen LogP contribution is 2.17. The Bertz CT molecular complexity index is 515. The summed E-state index contributed by atoms with van der Waals surface area (Å²) in [4.78, 5) is 0. The second-order valence-electron chi connectivity index (χ2n) is 6.84. The lowest BCUT2D eigenvalue weighted by atomic mass is 9.95. The lowest BCUT2D eigenvalue weighted by Gasteiger charge is -2.22. The SMILES string of the molecule is CC(C)CN.CCCS(=O)(=O)O.O=S(=O)(O)CCCNC1CCCCC1. The molecular formula is C16H38N2O6S2. The summed E-state index contributed by atoms with van der Waals surface area (Å²) in [5.41, 5.74) is 5.17. The number of hydrogen-bond acceptors (Lipinski definition) is 6. The lowest BCUT2D eigenvalue weighted by Crippen LogP contribution is -2.32. The van der Waals surface area contributed by atoms with Crippen LogP contribution >= 0.6 is 0 Å². The summed E-state index contributed by atoms with van der Waals surface area (Å²) >= 11 is 0. The van der Waals surface area contributed by atoms with Crippen LogP contribution in [0, 0.1) is 5.92 Å². The van der Waals surface area contributed by atoms with Crippen LogP contribution < -0.4 is 11.1 Å². The maximum absolute atomic E-state index is 10.4. The fourth-order valence-corrected chi connectivity index (χ4v) is 3.15. The van der Waals surface area contributed by atoms with Gasteiger partial charge in [0.25, 0.3) is 20.2 Å². The second kappa shape index (κ2) is 15.8. The van der Waals surface area contributed by atoms with Gasteiger partial charge in [0, 0.05) is 6.04 Å². The van der Waals surface area contributed by atoms with E-state index in [1.54, 1.807) is 6.92 Å². The molecule has 0 aromatic heterocycles. The summed E-state index contributed by atoms with van der Waals surface area (Å²) in [6, 6.07) is 0.560. The highest BCUT2D eigenvalue weighted by molar-refractivity contribution is 7.86. The molecule has 26 heavy (non-hydrogen) atoms. The van der Waals surface area contributed by atoms with Crippen molar-refractivity contribution in [1.29, 1.82) is 0 Å². The molecule has 160 valence electrons. The minimum Gasteiger partial charge on any atom is -0.330 e. The molecule has 1 fully saturated rings. The van der Waals surface area contributed by atoms with Crippen LogP contribution in [-0.4, -0.2) is 56.6 Å². The van der Waals surface area contributed by atoms with Gasteiger partial charge in [-0.25, -0.2) is 0 Å². The van der Waals surface area contributed by atoms with Gasteiger partial charge in [-0.15, -0.1) is 0 Å². The minimum atomic E-state index is -3.77. The first-order valence-corrected chi connectivity index (χ1v) is 12.5. The highest BCUT2D eigenvalue weighted by atomic mass is 32.2. The van der Waals surface area contributed by atoms with Crippen LogP contribution in [0.5, 0.6) is 0 Å². The van der Waals surface area contributed by atoms with Crippen LogP contribution in [0.2, 0.25) is 0 Å². The number of rotatable bonds is 8. The average Bonchev–Trinajstić information content (AvgIpc) is 2.52. The molecule has 0 heterocycles. The number of nitrogens with one attached hydrogen (secondary N) is 1. The summed E-state index contributed by atoms with van der Waals surface area (Å²) < 4.78 is 56.9. The Morgan fingerprint density at radius 2 is 1.46 bits per heavy atom. The van der Waals surface area contributed by atoms with E-state index in [2.05, 4.69) is 19.2 Å². The van der Waals surface area contributed by atoms with Crippen LogP contribution in [0.15, 0.2) is 0 Å². The van der Waals surface area contributed by atoms with Crippen molar-refractivity contribution in [3.8, 4) is 0 Å². The first-order valence-electron chi connectivity index (χ1n) is 9.25. The normalized spacial score (nSPS) is 15.7. The zero-order valence-electron chi connectivity index (χ0n) is 16.4. The first kappa shape index (κ1) is 28.0. The molecule has 0 aliphatic heterocycles. The van der Waals surface area contributed by atoms with Gasteiger partial charge < -0.3 is 11.1 Å². The molecule has 0 amide bonds. The van der Waals surface area contributed by atoms with Crippen molar-refractivity contribution < 1.29 is 25.9 Å². The maximum Gasteiger partial charge on any atom is 0.264 e. The van der Waals surface area contributed by atoms with Crippen LogP contribution in [0.1, 0.15) is 65.7 Å². The van der Waals surface area contributed by atoms with Gasteiger partial charge in [0.05, 0.1) is 11.5 Å². The van der Waals surface area contributed by atoms with E-state index in [1.807, 2.05) is 0 Å². The van der Waals surface area contributed by atoms with E-state index in [0.717, 1.165) is 6.54 Å². The number of hydrogen-bond donors (Lipinski definition) is 4. The summed E-state index contributed by atoms with van der Waals surface area (Å²) in [7, 11) is -7.44. The third kappa shape index (κ3) is 26.0. The van der Waals surface area contributed by atoms with Crippen LogP contribution in [0.25, 0.3) is 0 Å². The molecule has 0 aromatic carbocycles. The van der Waals surface area contributed by atoms with E-state index >= 15 is 0 Å². The monoisotopic (exact) mass is 418 g/mol. The predicted octanol–water partition coefficient (Wildman–Crippen LogP) is 2.07. The predicted molar refractivity (Wildman–Crippen MR) is 107 cm³/mol. The lowest BCUT2D eigenvalue weighted by molar-refractivity contribution is 0.373. The molecule has 1 rings (SSSR count). The Morgan fingerprint density at radius 3 is 1.77 bits per heavy atom. The molecule has 0 aromatic rings. The van der Waals surface area contributed by atoms with E-state index in [1.165, 1.54) is 32.1 Å². The van der Waals surface area contributed by atoms with Crippen molar-refractivity contribution in [3.63, 3.8) is 0 Å². The standard InChI is InChI=1S/C9H19NO3S.C4H11N.C3H8O3S/c11-14(12,13)8-4-7-10-9-5-2-1-3-6-9;1-4(2)3-5;1-2-3-7(4,5)6/h9-10H,1-8H2,(H,11,12,13);4H,3,5H2,1-2H3;2-3H2,1H3,(H,4,5,6). The molecule has 5 N–H and O–H groups in total. The largest absolute Gasteiger partial charge is 0.330 e. The van der Waals surface area contributed by atoms with Crippen molar-refractivity contribution in [2.45, 2.75) is 71.8 Å². The van der Waals surface area contributed by atoms with E-state index in [0.29, 0.717) is 31.3 Å². The molecule has 0 unspecified atom stereocenters. The zero-order chi connectivity index (χ0) is 20.6. The van der Waals surface area contributed by atoms with Crippen molar-refractivity contribution in [2.75, 3.05) is 24.6 Å². The Kier molecular flexibility index (Phi) is 16.9. The van der Waals surface area contributed by atoms with Crippen molar-refractivity contribution >= 4 is 20.2 Å². The second-order valence-corrected chi connectivity index (χ2v) is 9.99. The summed E-state index contributed by atoms with van der Waals surface area (Å²) in [5.74, 6) is 0.398. The third-order valence-corrected chi connectivity index (χ3v) is 5.28.